The average molecular weight is 321 g/mol. The number of nitrogens with one attached hydrogen (secondary N) is 3. The molecular formula is C14H10F3N5O. The summed E-state index contributed by atoms with van der Waals surface area (Å²) in [6, 6.07) is 4.82. The highest BCUT2D eigenvalue weighted by atomic mass is 19.4. The molecule has 0 aliphatic rings. The second-order valence-electron chi connectivity index (χ2n) is 4.61. The summed E-state index contributed by atoms with van der Waals surface area (Å²) in [6.07, 6.45) is -0.393. The summed E-state index contributed by atoms with van der Waals surface area (Å²) >= 11 is 0. The zero-order chi connectivity index (χ0) is 16.4. The summed E-state index contributed by atoms with van der Waals surface area (Å²) in [7, 11) is 0. The summed E-state index contributed by atoms with van der Waals surface area (Å²) in [4.78, 5) is 22.1. The summed E-state index contributed by atoms with van der Waals surface area (Å²) in [5, 5.41) is 5.71. The number of urea groups is 1. The summed E-state index contributed by atoms with van der Waals surface area (Å²) in [5.74, 6) is 0. The molecule has 0 unspecified atom stereocenters. The van der Waals surface area contributed by atoms with Crippen LogP contribution in [0.25, 0.3) is 11.0 Å². The van der Waals surface area contributed by atoms with Gasteiger partial charge in [-0.15, -0.1) is 0 Å². The van der Waals surface area contributed by atoms with E-state index in [2.05, 4.69) is 25.6 Å². The van der Waals surface area contributed by atoms with Crippen molar-refractivity contribution in [2.75, 3.05) is 10.6 Å². The first-order chi connectivity index (χ1) is 10.9. The third kappa shape index (κ3) is 3.23. The van der Waals surface area contributed by atoms with Gasteiger partial charge < -0.3 is 15.6 Å². The molecule has 0 spiro atoms. The Kier molecular flexibility index (Phi) is 3.61. The van der Waals surface area contributed by atoms with Crippen LogP contribution in [0.3, 0.4) is 0 Å². The van der Waals surface area contributed by atoms with E-state index in [1.54, 1.807) is 24.5 Å². The Bertz CT molecular complexity index is 841. The Morgan fingerprint density at radius 2 is 1.96 bits per heavy atom. The molecule has 118 valence electrons. The molecule has 6 nitrogen and oxygen atoms in total. The first-order valence-electron chi connectivity index (χ1n) is 6.47. The van der Waals surface area contributed by atoms with Gasteiger partial charge in [-0.05, 0) is 24.3 Å². The van der Waals surface area contributed by atoms with Crippen molar-refractivity contribution < 1.29 is 18.0 Å². The van der Waals surface area contributed by atoms with Crippen LogP contribution < -0.4 is 10.6 Å². The summed E-state index contributed by atoms with van der Waals surface area (Å²) < 4.78 is 37.2. The molecular weight excluding hydrogens is 311 g/mol. The number of pyridine rings is 2. The van der Waals surface area contributed by atoms with E-state index in [9.17, 15) is 18.0 Å². The van der Waals surface area contributed by atoms with E-state index in [-0.39, 0.29) is 5.69 Å². The largest absolute Gasteiger partial charge is 0.433 e. The SMILES string of the molecule is O=C(Nc1ccc(C(F)(F)F)nc1)Nc1c[nH]c2ncccc12. The van der Waals surface area contributed by atoms with Crippen LogP contribution in [0.5, 0.6) is 0 Å². The van der Waals surface area contributed by atoms with Crippen LogP contribution in [0.4, 0.5) is 29.3 Å². The quantitative estimate of drug-likeness (QED) is 0.674. The lowest BCUT2D eigenvalue weighted by molar-refractivity contribution is -0.141. The molecule has 23 heavy (non-hydrogen) atoms. The number of carbonyl (C=O) groups is 1. The molecule has 3 N–H and O–H groups in total. The number of hydrogen-bond acceptors (Lipinski definition) is 3. The minimum atomic E-state index is -4.52. The molecule has 0 saturated carbocycles. The molecule has 3 rings (SSSR count). The summed E-state index contributed by atoms with van der Waals surface area (Å²) in [6.45, 7) is 0. The van der Waals surface area contributed by atoms with Gasteiger partial charge in [-0.3, -0.25) is 0 Å². The maximum atomic E-state index is 12.4. The number of amides is 2. The number of halogens is 3. The lowest BCUT2D eigenvalue weighted by Gasteiger charge is -2.08. The third-order valence-electron chi connectivity index (χ3n) is 3.01. The van der Waals surface area contributed by atoms with Crippen LogP contribution in [-0.4, -0.2) is 21.0 Å². The van der Waals surface area contributed by atoms with Crippen LogP contribution in [0, 0.1) is 0 Å². The van der Waals surface area contributed by atoms with Gasteiger partial charge in [-0.1, -0.05) is 0 Å². The maximum Gasteiger partial charge on any atom is 0.433 e. The highest BCUT2D eigenvalue weighted by Gasteiger charge is 2.32. The molecule has 0 aliphatic carbocycles. The van der Waals surface area contributed by atoms with E-state index in [0.29, 0.717) is 16.7 Å². The van der Waals surface area contributed by atoms with Gasteiger partial charge in [-0.2, -0.15) is 13.2 Å². The summed E-state index contributed by atoms with van der Waals surface area (Å²) in [5.41, 5.74) is 0.240. The van der Waals surface area contributed by atoms with E-state index in [4.69, 9.17) is 0 Å². The molecule has 0 aliphatic heterocycles. The number of rotatable bonds is 2. The molecule has 3 heterocycles. The van der Waals surface area contributed by atoms with Crippen molar-refractivity contribution in [3.8, 4) is 0 Å². The van der Waals surface area contributed by atoms with Crippen LogP contribution in [0.2, 0.25) is 0 Å². The highest BCUT2D eigenvalue weighted by Crippen LogP contribution is 2.28. The second-order valence-corrected chi connectivity index (χ2v) is 4.61. The molecule has 2 amide bonds. The average Bonchev–Trinajstić information content (AvgIpc) is 2.90. The van der Waals surface area contributed by atoms with Crippen molar-refractivity contribution in [2.45, 2.75) is 6.18 Å². The molecule has 0 radical (unpaired) electrons. The smallest absolute Gasteiger partial charge is 0.344 e. The highest BCUT2D eigenvalue weighted by molar-refractivity contribution is 6.05. The number of carbonyl (C=O) groups excluding carboxylic acids is 1. The van der Waals surface area contributed by atoms with Crippen molar-refractivity contribution >= 4 is 28.4 Å². The van der Waals surface area contributed by atoms with Crippen molar-refractivity contribution in [1.29, 1.82) is 0 Å². The lowest BCUT2D eigenvalue weighted by Crippen LogP contribution is -2.19. The van der Waals surface area contributed by atoms with Gasteiger partial charge in [0.25, 0.3) is 0 Å². The number of aromatic nitrogens is 3. The predicted molar refractivity (Wildman–Crippen MR) is 78.0 cm³/mol. The zero-order valence-electron chi connectivity index (χ0n) is 11.5. The number of anilines is 2. The molecule has 0 bridgehead atoms. The van der Waals surface area contributed by atoms with E-state index < -0.39 is 17.9 Å². The van der Waals surface area contributed by atoms with Crippen LogP contribution in [0.1, 0.15) is 5.69 Å². The van der Waals surface area contributed by atoms with E-state index in [0.717, 1.165) is 18.3 Å². The van der Waals surface area contributed by atoms with E-state index in [1.165, 1.54) is 0 Å². The molecule has 9 heteroatoms. The molecule has 0 aromatic carbocycles. The minimum Gasteiger partial charge on any atom is -0.344 e. The van der Waals surface area contributed by atoms with Crippen LogP contribution in [-0.2, 0) is 6.18 Å². The van der Waals surface area contributed by atoms with E-state index in [1.807, 2.05) is 0 Å². The third-order valence-corrected chi connectivity index (χ3v) is 3.01. The van der Waals surface area contributed by atoms with Gasteiger partial charge in [-0.25, -0.2) is 14.8 Å². The number of hydrogen-bond donors (Lipinski definition) is 3. The Hall–Kier alpha value is -3.10. The molecule has 0 atom stereocenters. The first-order valence-corrected chi connectivity index (χ1v) is 6.47. The van der Waals surface area contributed by atoms with Crippen molar-refractivity contribution in [1.82, 2.24) is 15.0 Å². The van der Waals surface area contributed by atoms with Gasteiger partial charge in [0.15, 0.2) is 0 Å². The molecule has 3 aromatic rings. The predicted octanol–water partition coefficient (Wildman–Crippen LogP) is 3.62. The van der Waals surface area contributed by atoms with Crippen molar-refractivity contribution in [2.24, 2.45) is 0 Å². The number of fused-ring (bicyclic) bond motifs is 1. The fourth-order valence-electron chi connectivity index (χ4n) is 1.98. The second kappa shape index (κ2) is 5.59. The standard InChI is InChI=1S/C14H10F3N5O/c15-14(16,17)11-4-3-8(6-19-11)21-13(23)22-10-7-20-12-9(10)2-1-5-18-12/h1-7H,(H,18,20)(H2,21,22,23). The van der Waals surface area contributed by atoms with Gasteiger partial charge >= 0.3 is 12.2 Å². The Labute approximate surface area is 127 Å². The van der Waals surface area contributed by atoms with E-state index >= 15 is 0 Å². The van der Waals surface area contributed by atoms with Gasteiger partial charge in [0.1, 0.15) is 11.3 Å². The zero-order valence-corrected chi connectivity index (χ0v) is 11.5. The minimum absolute atomic E-state index is 0.147. The number of nitrogens with zero attached hydrogens (tertiary/aromatic N) is 2. The molecule has 0 saturated heterocycles. The van der Waals surface area contributed by atoms with Gasteiger partial charge in [0.2, 0.25) is 0 Å². The van der Waals surface area contributed by atoms with Crippen LogP contribution >= 0.6 is 0 Å². The number of alkyl halides is 3. The molecule has 0 fully saturated rings. The van der Waals surface area contributed by atoms with Crippen molar-refractivity contribution in [3.05, 3.63) is 48.5 Å². The van der Waals surface area contributed by atoms with Crippen molar-refractivity contribution in [3.63, 3.8) is 0 Å². The van der Waals surface area contributed by atoms with Gasteiger partial charge in [0, 0.05) is 17.8 Å². The van der Waals surface area contributed by atoms with Crippen LogP contribution in [0.15, 0.2) is 42.9 Å². The Balaban J connectivity index is 1.70. The number of aromatic amines is 1. The Morgan fingerprint density at radius 1 is 1.13 bits per heavy atom. The fourth-order valence-corrected chi connectivity index (χ4v) is 1.98. The maximum absolute atomic E-state index is 12.4. The Morgan fingerprint density at radius 3 is 2.65 bits per heavy atom. The number of H-pyrrole nitrogens is 1. The lowest BCUT2D eigenvalue weighted by atomic mass is 10.3. The fraction of sp³-hybridized carbons (Fsp3) is 0.0714. The monoisotopic (exact) mass is 321 g/mol. The molecule has 3 aromatic heterocycles. The first kappa shape index (κ1) is 14.8. The van der Waals surface area contributed by atoms with Gasteiger partial charge in [0.05, 0.1) is 17.6 Å². The topological polar surface area (TPSA) is 82.7 Å². The normalized spacial score (nSPS) is 11.4.